The van der Waals surface area contributed by atoms with Gasteiger partial charge in [-0.05, 0) is 24.3 Å². The van der Waals surface area contributed by atoms with Gasteiger partial charge in [0.25, 0.3) is 0 Å². The van der Waals surface area contributed by atoms with E-state index >= 15 is 0 Å². The van der Waals surface area contributed by atoms with E-state index < -0.39 is 0 Å². The average Bonchev–Trinajstić information content (AvgIpc) is 2.75. The second-order valence-corrected chi connectivity index (χ2v) is 4.23. The summed E-state index contributed by atoms with van der Waals surface area (Å²) in [5.41, 5.74) is 8.26. The molecule has 5 heteroatoms. The molecule has 0 saturated heterocycles. The van der Waals surface area contributed by atoms with Gasteiger partial charge in [-0.2, -0.15) is 0 Å². The molecule has 0 aliphatic carbocycles. The predicted octanol–water partition coefficient (Wildman–Crippen LogP) is 2.79. The van der Waals surface area contributed by atoms with E-state index in [1.165, 1.54) is 12.1 Å². The predicted molar refractivity (Wildman–Crippen MR) is 75.0 cm³/mol. The number of aromatic nitrogens is 2. The van der Waals surface area contributed by atoms with Crippen molar-refractivity contribution in [1.82, 2.24) is 9.78 Å². The Balaban J connectivity index is 2.33. The van der Waals surface area contributed by atoms with Crippen molar-refractivity contribution < 1.29 is 4.39 Å². The van der Waals surface area contributed by atoms with Crippen LogP contribution in [0.1, 0.15) is 0 Å². The van der Waals surface area contributed by atoms with Crippen molar-refractivity contribution in [2.24, 2.45) is 0 Å². The smallest absolute Gasteiger partial charge is 0.153 e. The number of halogens is 1. The van der Waals surface area contributed by atoms with Crippen LogP contribution >= 0.6 is 0 Å². The van der Waals surface area contributed by atoms with Crippen molar-refractivity contribution in [3.8, 4) is 5.69 Å². The fourth-order valence-electron chi connectivity index (χ4n) is 2.17. The van der Waals surface area contributed by atoms with Crippen molar-refractivity contribution in [3.05, 3.63) is 48.3 Å². The zero-order valence-electron chi connectivity index (χ0n) is 10.4. The number of hydrogen-bond donors (Lipinski definition) is 2. The van der Waals surface area contributed by atoms with Gasteiger partial charge < -0.3 is 11.1 Å². The highest BCUT2D eigenvalue weighted by molar-refractivity contribution is 5.91. The van der Waals surface area contributed by atoms with E-state index in [2.05, 4.69) is 10.4 Å². The number of benzene rings is 2. The van der Waals surface area contributed by atoms with Crippen LogP contribution in [-0.4, -0.2) is 16.8 Å². The zero-order chi connectivity index (χ0) is 13.4. The number of rotatable bonds is 2. The standard InChI is InChI=1S/C14H13FN4/c1-17-11-4-2-3-5-12(11)19-13-8-9(15)6-7-10(13)14(16)18-19/h2-8,17H,1H3,(H2,16,18). The van der Waals surface area contributed by atoms with Crippen molar-refractivity contribution in [2.75, 3.05) is 18.1 Å². The minimum atomic E-state index is -0.310. The molecule has 0 saturated carbocycles. The average molecular weight is 256 g/mol. The first kappa shape index (κ1) is 11.5. The second kappa shape index (κ2) is 4.28. The van der Waals surface area contributed by atoms with Crippen molar-refractivity contribution in [1.29, 1.82) is 0 Å². The van der Waals surface area contributed by atoms with E-state index in [-0.39, 0.29) is 5.82 Å². The van der Waals surface area contributed by atoms with E-state index in [1.54, 1.807) is 10.7 Å². The van der Waals surface area contributed by atoms with Crippen LogP contribution in [0, 0.1) is 5.82 Å². The highest BCUT2D eigenvalue weighted by Crippen LogP contribution is 2.27. The lowest BCUT2D eigenvalue weighted by molar-refractivity contribution is 0.629. The Kier molecular flexibility index (Phi) is 2.59. The summed E-state index contributed by atoms with van der Waals surface area (Å²) in [6, 6.07) is 12.1. The van der Waals surface area contributed by atoms with Gasteiger partial charge in [-0.3, -0.25) is 0 Å². The van der Waals surface area contributed by atoms with Gasteiger partial charge in [0.2, 0.25) is 0 Å². The molecular weight excluding hydrogens is 243 g/mol. The summed E-state index contributed by atoms with van der Waals surface area (Å²) >= 11 is 0. The summed E-state index contributed by atoms with van der Waals surface area (Å²) in [6.45, 7) is 0. The molecule has 0 bridgehead atoms. The van der Waals surface area contributed by atoms with Crippen LogP contribution in [0.25, 0.3) is 16.6 Å². The topological polar surface area (TPSA) is 55.9 Å². The van der Waals surface area contributed by atoms with E-state index in [1.807, 2.05) is 31.3 Å². The Morgan fingerprint density at radius 1 is 1.21 bits per heavy atom. The third-order valence-electron chi connectivity index (χ3n) is 3.07. The number of para-hydroxylation sites is 2. The normalized spacial score (nSPS) is 10.8. The van der Waals surface area contributed by atoms with Gasteiger partial charge in [-0.25, -0.2) is 9.07 Å². The zero-order valence-corrected chi connectivity index (χ0v) is 10.4. The number of nitrogens with zero attached hydrogens (tertiary/aromatic N) is 2. The molecule has 19 heavy (non-hydrogen) atoms. The molecule has 3 N–H and O–H groups in total. The Morgan fingerprint density at radius 2 is 2.00 bits per heavy atom. The van der Waals surface area contributed by atoms with Crippen LogP contribution in [0.3, 0.4) is 0 Å². The van der Waals surface area contributed by atoms with Gasteiger partial charge >= 0.3 is 0 Å². The van der Waals surface area contributed by atoms with Gasteiger partial charge in [0.1, 0.15) is 5.82 Å². The molecule has 0 radical (unpaired) electrons. The number of nitrogens with one attached hydrogen (secondary N) is 1. The molecule has 0 spiro atoms. The highest BCUT2D eigenvalue weighted by atomic mass is 19.1. The van der Waals surface area contributed by atoms with Gasteiger partial charge in [0.05, 0.1) is 16.9 Å². The summed E-state index contributed by atoms with van der Waals surface area (Å²) in [5.74, 6) is 0.0801. The van der Waals surface area contributed by atoms with E-state index in [4.69, 9.17) is 5.73 Å². The van der Waals surface area contributed by atoms with Gasteiger partial charge in [-0.1, -0.05) is 12.1 Å². The second-order valence-electron chi connectivity index (χ2n) is 4.23. The van der Waals surface area contributed by atoms with Crippen molar-refractivity contribution in [3.63, 3.8) is 0 Å². The first-order valence-corrected chi connectivity index (χ1v) is 5.91. The van der Waals surface area contributed by atoms with Gasteiger partial charge in [0.15, 0.2) is 5.82 Å². The van der Waals surface area contributed by atoms with E-state index in [0.29, 0.717) is 11.3 Å². The van der Waals surface area contributed by atoms with Crippen LogP contribution < -0.4 is 11.1 Å². The molecule has 96 valence electrons. The van der Waals surface area contributed by atoms with E-state index in [9.17, 15) is 4.39 Å². The third kappa shape index (κ3) is 1.79. The largest absolute Gasteiger partial charge is 0.386 e. The summed E-state index contributed by atoms with van der Waals surface area (Å²) < 4.78 is 15.1. The summed E-state index contributed by atoms with van der Waals surface area (Å²) in [6.07, 6.45) is 0. The maximum Gasteiger partial charge on any atom is 0.153 e. The molecule has 0 aliphatic rings. The summed E-state index contributed by atoms with van der Waals surface area (Å²) in [5, 5.41) is 8.13. The highest BCUT2D eigenvalue weighted by Gasteiger charge is 2.12. The van der Waals surface area contributed by atoms with Crippen molar-refractivity contribution >= 4 is 22.4 Å². The van der Waals surface area contributed by atoms with Crippen LogP contribution in [0.5, 0.6) is 0 Å². The lowest BCUT2D eigenvalue weighted by Crippen LogP contribution is -2.02. The molecule has 1 heterocycles. The molecule has 2 aromatic carbocycles. The Bertz CT molecular complexity index is 748. The van der Waals surface area contributed by atoms with Crippen LogP contribution in [0.4, 0.5) is 15.9 Å². The molecular formula is C14H13FN4. The Labute approximate surface area is 109 Å². The molecule has 1 aromatic heterocycles. The third-order valence-corrected chi connectivity index (χ3v) is 3.07. The molecule has 0 fully saturated rings. The Morgan fingerprint density at radius 3 is 2.79 bits per heavy atom. The number of fused-ring (bicyclic) bond motifs is 1. The van der Waals surface area contributed by atoms with Crippen LogP contribution in [0.2, 0.25) is 0 Å². The monoisotopic (exact) mass is 256 g/mol. The maximum absolute atomic E-state index is 13.4. The minimum absolute atomic E-state index is 0.310. The number of hydrogen-bond acceptors (Lipinski definition) is 3. The maximum atomic E-state index is 13.4. The fourth-order valence-corrected chi connectivity index (χ4v) is 2.17. The molecule has 3 aromatic rings. The number of nitrogen functional groups attached to an aromatic ring is 1. The van der Waals surface area contributed by atoms with E-state index in [0.717, 1.165) is 16.8 Å². The summed E-state index contributed by atoms with van der Waals surface area (Å²) in [4.78, 5) is 0. The quantitative estimate of drug-likeness (QED) is 0.741. The van der Waals surface area contributed by atoms with Gasteiger partial charge in [0, 0.05) is 18.5 Å². The molecule has 0 atom stereocenters. The first-order chi connectivity index (χ1) is 9.20. The van der Waals surface area contributed by atoms with Crippen LogP contribution in [-0.2, 0) is 0 Å². The first-order valence-electron chi connectivity index (χ1n) is 5.91. The molecule has 4 nitrogen and oxygen atoms in total. The SMILES string of the molecule is CNc1ccccc1-n1nc(N)c2ccc(F)cc21. The summed E-state index contributed by atoms with van der Waals surface area (Å²) in [7, 11) is 1.83. The Hall–Kier alpha value is -2.56. The number of nitrogens with two attached hydrogens (primary N) is 1. The molecule has 3 rings (SSSR count). The molecule has 0 amide bonds. The molecule has 0 unspecified atom stereocenters. The number of anilines is 2. The minimum Gasteiger partial charge on any atom is -0.386 e. The van der Waals surface area contributed by atoms with Crippen LogP contribution in [0.15, 0.2) is 42.5 Å². The molecule has 0 aliphatic heterocycles. The lowest BCUT2D eigenvalue weighted by Gasteiger charge is -2.09. The van der Waals surface area contributed by atoms with Gasteiger partial charge in [-0.15, -0.1) is 5.10 Å². The fraction of sp³-hybridized carbons (Fsp3) is 0.0714. The van der Waals surface area contributed by atoms with Crippen molar-refractivity contribution in [2.45, 2.75) is 0 Å². The lowest BCUT2D eigenvalue weighted by atomic mass is 10.2.